The first kappa shape index (κ1) is 16.6. The van der Waals surface area contributed by atoms with Gasteiger partial charge in [0.05, 0.1) is 11.5 Å². The quantitative estimate of drug-likeness (QED) is 0.809. The van der Waals surface area contributed by atoms with E-state index >= 15 is 0 Å². The molecule has 1 rings (SSSR count). The molecule has 1 N–H and O–H groups in total. The van der Waals surface area contributed by atoms with E-state index in [0.29, 0.717) is 6.54 Å². The van der Waals surface area contributed by atoms with Crippen molar-refractivity contribution in [2.75, 3.05) is 0 Å². The Morgan fingerprint density at radius 2 is 2.00 bits per heavy atom. The number of aromatic nitrogens is 1. The van der Waals surface area contributed by atoms with Gasteiger partial charge in [-0.2, -0.15) is 18.4 Å². The maximum atomic E-state index is 12.3. The van der Waals surface area contributed by atoms with Gasteiger partial charge in [-0.05, 0) is 32.8 Å². The van der Waals surface area contributed by atoms with E-state index in [1.165, 1.54) is 18.5 Å². The van der Waals surface area contributed by atoms with Crippen molar-refractivity contribution < 1.29 is 18.3 Å². The van der Waals surface area contributed by atoms with Crippen molar-refractivity contribution in [1.82, 2.24) is 4.57 Å². The maximum Gasteiger partial charge on any atom is 0.418 e. The molecule has 112 valence electrons. The molecule has 0 saturated carbocycles. The Labute approximate surface area is 116 Å². The molecule has 1 heterocycles. The van der Waals surface area contributed by atoms with Crippen LogP contribution in [0.2, 0.25) is 0 Å². The molecule has 0 bridgehead atoms. The molecule has 20 heavy (non-hydrogen) atoms. The van der Waals surface area contributed by atoms with E-state index in [2.05, 4.69) is 6.07 Å². The van der Waals surface area contributed by atoms with Crippen LogP contribution in [-0.4, -0.2) is 15.8 Å². The van der Waals surface area contributed by atoms with Crippen LogP contribution in [0.15, 0.2) is 18.5 Å². The van der Waals surface area contributed by atoms with Crippen molar-refractivity contribution in [1.29, 1.82) is 5.26 Å². The summed E-state index contributed by atoms with van der Waals surface area (Å²) in [4.78, 5) is 0. The maximum absolute atomic E-state index is 12.3. The summed E-state index contributed by atoms with van der Waals surface area (Å²) in [6.45, 7) is 4.30. The summed E-state index contributed by atoms with van der Waals surface area (Å²) >= 11 is 0. The lowest BCUT2D eigenvalue weighted by Gasteiger charge is -2.14. The van der Waals surface area contributed by atoms with Gasteiger partial charge in [0.2, 0.25) is 0 Å². The highest BCUT2D eigenvalue weighted by molar-refractivity contribution is 5.15. The smallest absolute Gasteiger partial charge is 0.379 e. The fourth-order valence-electron chi connectivity index (χ4n) is 1.87. The van der Waals surface area contributed by atoms with E-state index in [1.807, 2.05) is 13.8 Å². The molecule has 1 aromatic rings. The molecule has 3 nitrogen and oxygen atoms in total. The van der Waals surface area contributed by atoms with Gasteiger partial charge in [0.25, 0.3) is 0 Å². The number of halogens is 3. The highest BCUT2D eigenvalue weighted by Crippen LogP contribution is 2.32. The molecular weight excluding hydrogens is 269 g/mol. The molecule has 0 aromatic carbocycles. The van der Waals surface area contributed by atoms with Crippen molar-refractivity contribution in [2.24, 2.45) is 5.41 Å². The molecule has 0 amide bonds. The summed E-state index contributed by atoms with van der Waals surface area (Å²) in [5, 5.41) is 18.0. The highest BCUT2D eigenvalue weighted by Gasteiger charge is 2.39. The lowest BCUT2D eigenvalue weighted by molar-refractivity contribution is -0.206. The van der Waals surface area contributed by atoms with Gasteiger partial charge in [-0.1, -0.05) is 6.42 Å². The van der Waals surface area contributed by atoms with Crippen molar-refractivity contribution in [3.63, 3.8) is 0 Å². The lowest BCUT2D eigenvalue weighted by Crippen LogP contribution is -2.19. The minimum atomic E-state index is -4.64. The molecule has 1 unspecified atom stereocenters. The number of hydrogen-bond acceptors (Lipinski definition) is 2. The van der Waals surface area contributed by atoms with Crippen LogP contribution in [0.3, 0.4) is 0 Å². The van der Waals surface area contributed by atoms with E-state index in [9.17, 15) is 13.2 Å². The normalized spacial score (nSPS) is 14.1. The molecule has 0 saturated heterocycles. The molecule has 0 aliphatic carbocycles. The molecule has 0 aliphatic heterocycles. The zero-order valence-corrected chi connectivity index (χ0v) is 11.6. The van der Waals surface area contributed by atoms with Crippen molar-refractivity contribution >= 4 is 0 Å². The van der Waals surface area contributed by atoms with E-state index in [1.54, 1.807) is 4.57 Å². The minimum absolute atomic E-state index is 0.144. The van der Waals surface area contributed by atoms with Crippen LogP contribution in [-0.2, 0) is 6.54 Å². The van der Waals surface area contributed by atoms with Crippen LogP contribution < -0.4 is 0 Å². The van der Waals surface area contributed by atoms with Crippen LogP contribution in [0.5, 0.6) is 0 Å². The summed E-state index contributed by atoms with van der Waals surface area (Å²) in [6.07, 6.45) is -1.86. The van der Waals surface area contributed by atoms with Gasteiger partial charge in [0.1, 0.15) is 0 Å². The predicted octanol–water partition coefficient (Wildman–Crippen LogP) is 3.80. The molecule has 0 aliphatic rings. The van der Waals surface area contributed by atoms with E-state index < -0.39 is 12.3 Å². The van der Waals surface area contributed by atoms with Crippen molar-refractivity contribution in [2.45, 2.75) is 51.9 Å². The van der Waals surface area contributed by atoms with Gasteiger partial charge < -0.3 is 9.67 Å². The van der Waals surface area contributed by atoms with Gasteiger partial charge in [0, 0.05) is 24.5 Å². The number of hydrogen-bond donors (Lipinski definition) is 1. The number of alkyl halides is 3. The molecule has 1 aromatic heterocycles. The Kier molecular flexibility index (Phi) is 5.23. The third-order valence-electron chi connectivity index (χ3n) is 3.17. The number of aliphatic hydroxyl groups is 1. The second kappa shape index (κ2) is 6.31. The molecule has 1 atom stereocenters. The summed E-state index contributed by atoms with van der Waals surface area (Å²) < 4.78 is 38.6. The van der Waals surface area contributed by atoms with Crippen molar-refractivity contribution in [3.8, 4) is 6.07 Å². The van der Waals surface area contributed by atoms with E-state index in [4.69, 9.17) is 10.4 Å². The van der Waals surface area contributed by atoms with Crippen LogP contribution in [0.1, 0.15) is 44.8 Å². The summed E-state index contributed by atoms with van der Waals surface area (Å²) in [6, 6.07) is 3.49. The van der Waals surface area contributed by atoms with E-state index in [-0.39, 0.29) is 11.0 Å². The number of rotatable bonds is 6. The standard InChI is InChI=1S/C14H19F3N2O/c1-13(2,10-18)6-3-4-7-19-8-5-11(9-19)12(20)14(15,16)17/h5,8-9,12,20H,3-4,6-7H2,1-2H3. The first-order valence-electron chi connectivity index (χ1n) is 6.47. The number of aliphatic hydroxyl groups excluding tert-OH is 1. The average molecular weight is 288 g/mol. The van der Waals surface area contributed by atoms with Gasteiger partial charge in [-0.25, -0.2) is 0 Å². The van der Waals surface area contributed by atoms with Gasteiger partial charge in [-0.15, -0.1) is 0 Å². The van der Waals surface area contributed by atoms with Gasteiger partial charge >= 0.3 is 6.18 Å². The number of aryl methyl sites for hydroxylation is 1. The molecule has 0 spiro atoms. The SMILES string of the molecule is CC(C)(C#N)CCCCn1ccc(C(O)C(F)(F)F)c1. The Morgan fingerprint density at radius 1 is 1.35 bits per heavy atom. The second-order valence-electron chi connectivity index (χ2n) is 5.58. The molecule has 0 radical (unpaired) electrons. The van der Waals surface area contributed by atoms with Crippen LogP contribution in [0.25, 0.3) is 0 Å². The first-order valence-corrected chi connectivity index (χ1v) is 6.47. The predicted molar refractivity (Wildman–Crippen MR) is 68.7 cm³/mol. The third-order valence-corrected chi connectivity index (χ3v) is 3.17. The zero-order valence-electron chi connectivity index (χ0n) is 11.6. The third kappa shape index (κ3) is 4.89. The molecule has 0 fully saturated rings. The summed E-state index contributed by atoms with van der Waals surface area (Å²) in [5.74, 6) is 0. The Balaban J connectivity index is 2.44. The fourth-order valence-corrected chi connectivity index (χ4v) is 1.87. The Hall–Kier alpha value is -1.48. The average Bonchev–Trinajstić information content (AvgIpc) is 2.81. The topological polar surface area (TPSA) is 49.0 Å². The molecular formula is C14H19F3N2O. The summed E-state index contributed by atoms with van der Waals surface area (Å²) in [7, 11) is 0. The lowest BCUT2D eigenvalue weighted by atomic mass is 9.89. The number of unbranched alkanes of at least 4 members (excludes halogenated alkanes) is 1. The Morgan fingerprint density at radius 3 is 2.55 bits per heavy atom. The number of nitrogens with zero attached hydrogens (tertiary/aromatic N) is 2. The van der Waals surface area contributed by atoms with E-state index in [0.717, 1.165) is 19.3 Å². The fraction of sp³-hybridized carbons (Fsp3) is 0.643. The molecule has 6 heteroatoms. The largest absolute Gasteiger partial charge is 0.418 e. The Bertz CT molecular complexity index is 471. The van der Waals surface area contributed by atoms with Crippen LogP contribution in [0, 0.1) is 16.7 Å². The van der Waals surface area contributed by atoms with Crippen molar-refractivity contribution in [3.05, 3.63) is 24.0 Å². The van der Waals surface area contributed by atoms with Crippen LogP contribution in [0.4, 0.5) is 13.2 Å². The summed E-state index contributed by atoms with van der Waals surface area (Å²) in [5.41, 5.74) is -0.510. The zero-order chi connectivity index (χ0) is 15.4. The second-order valence-corrected chi connectivity index (χ2v) is 5.58. The highest BCUT2D eigenvalue weighted by atomic mass is 19.4. The van der Waals surface area contributed by atoms with Gasteiger partial charge in [-0.3, -0.25) is 0 Å². The minimum Gasteiger partial charge on any atom is -0.379 e. The van der Waals surface area contributed by atoms with Crippen LogP contribution >= 0.6 is 0 Å². The monoisotopic (exact) mass is 288 g/mol. The first-order chi connectivity index (χ1) is 9.15. The van der Waals surface area contributed by atoms with Gasteiger partial charge in [0.15, 0.2) is 6.10 Å². The number of nitriles is 1.